The minimum absolute atomic E-state index is 0. The fourth-order valence-electron chi connectivity index (χ4n) is 0.176. The molecule has 5 nitrogen and oxygen atoms in total. The Morgan fingerprint density at radius 1 is 1.40 bits per heavy atom. The Morgan fingerprint density at radius 2 is 1.90 bits per heavy atom. The van der Waals surface area contributed by atoms with E-state index in [9.17, 15) is 0 Å². The summed E-state index contributed by atoms with van der Waals surface area (Å²) in [6, 6.07) is 0. The third-order valence-corrected chi connectivity index (χ3v) is 0.347. The fourth-order valence-corrected chi connectivity index (χ4v) is 0.176. The van der Waals surface area contributed by atoms with Crippen molar-refractivity contribution in [3.8, 4) is 0 Å². The Bertz CT molecular complexity index is 87.4. The molecule has 1 aromatic rings. The van der Waals surface area contributed by atoms with Crippen molar-refractivity contribution in [3.63, 3.8) is 0 Å². The van der Waals surface area contributed by atoms with E-state index in [0.717, 1.165) is 0 Å². The van der Waals surface area contributed by atoms with E-state index in [4.69, 9.17) is 10.0 Å². The molecule has 0 aliphatic heterocycles. The molecule has 0 aromatic carbocycles. The number of aromatic nitrogens is 1. The van der Waals surface area contributed by atoms with Gasteiger partial charge in [0.2, 0.25) is 0 Å². The maximum absolute atomic E-state index is 8.38. The second kappa shape index (κ2) is 16.0. The third kappa shape index (κ3) is 15.7. The van der Waals surface area contributed by atoms with E-state index in [1.54, 1.807) is 6.20 Å². The second-order valence-electron chi connectivity index (χ2n) is 0.794. The van der Waals surface area contributed by atoms with Gasteiger partial charge in [-0.15, -0.1) is 7.69 Å². The van der Waals surface area contributed by atoms with Crippen molar-refractivity contribution in [2.75, 3.05) is 0 Å². The standard InChI is InChI=1S/C3H3NO.BHO2.Mg.H2O/c1-2-5-3-4-1;2-1-3;;/h1-3H;1H;;1H2/q;-2;+2;. The molecule has 1 aromatic heterocycles. The summed E-state index contributed by atoms with van der Waals surface area (Å²) >= 11 is 0. The summed E-state index contributed by atoms with van der Waals surface area (Å²) in [7, 11) is -1.25. The average Bonchev–Trinajstić information content (AvgIpc) is 2.17. The summed E-state index contributed by atoms with van der Waals surface area (Å²) in [5, 5.41) is 16.8. The molecular weight excluding hydrogens is 149 g/mol. The Kier molecular flexibility index (Phi) is 26.3. The molecule has 0 spiro atoms. The fraction of sp³-hybridized carbons (Fsp3) is 0. The molecule has 0 amide bonds. The minimum atomic E-state index is -1.25. The van der Waals surface area contributed by atoms with E-state index in [1.807, 2.05) is 0 Å². The van der Waals surface area contributed by atoms with Gasteiger partial charge in [0.25, 0.3) is 0 Å². The van der Waals surface area contributed by atoms with Crippen molar-refractivity contribution >= 4 is 30.7 Å². The number of hydrogen-bond acceptors (Lipinski definition) is 4. The van der Waals surface area contributed by atoms with Crippen LogP contribution < -0.4 is 10.0 Å². The van der Waals surface area contributed by atoms with Gasteiger partial charge in [-0.2, -0.15) is 0 Å². The predicted octanol–water partition coefficient (Wildman–Crippen LogP) is -3.56. The summed E-state index contributed by atoms with van der Waals surface area (Å²) in [6.45, 7) is 0. The van der Waals surface area contributed by atoms with Gasteiger partial charge in [-0.25, -0.2) is 4.98 Å². The molecule has 0 fully saturated rings. The van der Waals surface area contributed by atoms with Gasteiger partial charge in [0, 0.05) is 0 Å². The molecule has 10 heavy (non-hydrogen) atoms. The van der Waals surface area contributed by atoms with Crippen LogP contribution in [0.5, 0.6) is 0 Å². The van der Waals surface area contributed by atoms with Crippen LogP contribution in [-0.2, 0) is 0 Å². The van der Waals surface area contributed by atoms with E-state index in [0.29, 0.717) is 0 Å². The first-order chi connectivity index (χ1) is 3.91. The maximum Gasteiger partial charge on any atom is 2.00 e. The Hall–Kier alpha value is -0.0788. The van der Waals surface area contributed by atoms with Gasteiger partial charge in [0.1, 0.15) is 6.26 Å². The van der Waals surface area contributed by atoms with Crippen molar-refractivity contribution in [1.82, 2.24) is 4.98 Å². The summed E-state index contributed by atoms with van der Waals surface area (Å²) in [6.07, 6.45) is 4.47. The van der Waals surface area contributed by atoms with Crippen LogP contribution in [0.1, 0.15) is 0 Å². The van der Waals surface area contributed by atoms with Crippen molar-refractivity contribution in [3.05, 3.63) is 18.9 Å². The van der Waals surface area contributed by atoms with Gasteiger partial charge < -0.3 is 19.9 Å². The van der Waals surface area contributed by atoms with Crippen LogP contribution in [0.2, 0.25) is 0 Å². The van der Waals surface area contributed by atoms with Crippen LogP contribution in [0, 0.1) is 0 Å². The van der Waals surface area contributed by atoms with Gasteiger partial charge in [-0.05, 0) is 0 Å². The number of oxazole rings is 1. The number of nitrogens with zero attached hydrogens (tertiary/aromatic N) is 1. The van der Waals surface area contributed by atoms with Gasteiger partial charge >= 0.3 is 23.1 Å². The Balaban J connectivity index is -0.0000000900. The van der Waals surface area contributed by atoms with Crippen molar-refractivity contribution < 1.29 is 19.9 Å². The predicted molar refractivity (Wildman–Crippen MR) is 33.0 cm³/mol. The summed E-state index contributed by atoms with van der Waals surface area (Å²) in [4.78, 5) is 3.56. The molecule has 1 rings (SSSR count). The van der Waals surface area contributed by atoms with Crippen molar-refractivity contribution in [2.24, 2.45) is 0 Å². The molecule has 0 saturated carbocycles. The quantitative estimate of drug-likeness (QED) is 0.361. The van der Waals surface area contributed by atoms with E-state index in [2.05, 4.69) is 9.40 Å². The van der Waals surface area contributed by atoms with Crippen LogP contribution in [0.4, 0.5) is 0 Å². The summed E-state index contributed by atoms with van der Waals surface area (Å²) < 4.78 is 4.47. The van der Waals surface area contributed by atoms with Crippen molar-refractivity contribution in [1.29, 1.82) is 0 Å². The van der Waals surface area contributed by atoms with E-state index < -0.39 is 7.69 Å². The molecule has 0 saturated heterocycles. The zero-order valence-corrected chi connectivity index (χ0v) is 6.73. The third-order valence-electron chi connectivity index (χ3n) is 0.347. The topological polar surface area (TPSA) is 104 Å². The number of hydrogen-bond donors (Lipinski definition) is 0. The molecule has 7 heteroatoms. The molecule has 0 aliphatic rings. The van der Waals surface area contributed by atoms with Gasteiger partial charge in [-0.3, -0.25) is 0 Å². The first kappa shape index (κ1) is 16.5. The van der Waals surface area contributed by atoms with Gasteiger partial charge in [-0.1, -0.05) is 0 Å². The largest absolute Gasteiger partial charge is 2.00 e. The van der Waals surface area contributed by atoms with Crippen LogP contribution >= 0.6 is 0 Å². The maximum atomic E-state index is 8.38. The number of rotatable bonds is 0. The Morgan fingerprint density at radius 3 is 2.00 bits per heavy atom. The molecule has 0 atom stereocenters. The molecule has 1 heterocycles. The Labute approximate surface area is 74.8 Å². The molecule has 0 unspecified atom stereocenters. The first-order valence-electron chi connectivity index (χ1n) is 1.90. The molecule has 2 N–H and O–H groups in total. The molecule has 0 bridgehead atoms. The SMILES string of the molecule is O.[Mg+2].[O-]B[O-].c1cocn1. The molecule has 52 valence electrons. The van der Waals surface area contributed by atoms with Crippen LogP contribution in [0.15, 0.2) is 23.3 Å². The van der Waals surface area contributed by atoms with Crippen LogP contribution in [0.25, 0.3) is 0 Å². The zero-order valence-electron chi connectivity index (χ0n) is 5.32. The van der Waals surface area contributed by atoms with Gasteiger partial charge in [0.15, 0.2) is 6.39 Å². The average molecular weight is 155 g/mol. The molecular formula is C3H6BMgNO4. The molecule has 0 radical (unpaired) electrons. The van der Waals surface area contributed by atoms with Crippen LogP contribution in [0.3, 0.4) is 0 Å². The van der Waals surface area contributed by atoms with E-state index >= 15 is 0 Å². The zero-order chi connectivity index (χ0) is 6.24. The van der Waals surface area contributed by atoms with E-state index in [-0.39, 0.29) is 28.5 Å². The van der Waals surface area contributed by atoms with Crippen LogP contribution in [-0.4, -0.2) is 41.2 Å². The monoisotopic (exact) mass is 155 g/mol. The minimum Gasteiger partial charge on any atom is -0.896 e. The first-order valence-corrected chi connectivity index (χ1v) is 1.90. The van der Waals surface area contributed by atoms with E-state index in [1.165, 1.54) is 12.7 Å². The smallest absolute Gasteiger partial charge is 0.896 e. The molecule has 0 aliphatic carbocycles. The van der Waals surface area contributed by atoms with Gasteiger partial charge in [0.05, 0.1) is 6.20 Å². The normalized spacial score (nSPS) is 5.40. The summed E-state index contributed by atoms with van der Waals surface area (Å²) in [5.74, 6) is 0. The van der Waals surface area contributed by atoms with Crippen molar-refractivity contribution in [2.45, 2.75) is 0 Å². The second-order valence-corrected chi connectivity index (χ2v) is 0.794. The summed E-state index contributed by atoms with van der Waals surface area (Å²) in [5.41, 5.74) is 0.